The molecule has 0 saturated carbocycles. The highest BCUT2D eigenvalue weighted by Gasteiger charge is 2.35. The Labute approximate surface area is 120 Å². The van der Waals surface area contributed by atoms with E-state index in [0.29, 0.717) is 5.56 Å². The summed E-state index contributed by atoms with van der Waals surface area (Å²) in [7, 11) is 0. The van der Waals surface area contributed by atoms with Gasteiger partial charge < -0.3 is 5.11 Å². The van der Waals surface area contributed by atoms with Crippen LogP contribution in [0.15, 0.2) is 24.3 Å². The predicted molar refractivity (Wildman–Crippen MR) is 72.4 cm³/mol. The topological polar surface area (TPSA) is 74.7 Å². The molecule has 1 aliphatic rings. The number of nitrogens with zero attached hydrogens (tertiary/aromatic N) is 1. The van der Waals surface area contributed by atoms with E-state index in [1.54, 1.807) is 6.92 Å². The molecule has 1 heterocycles. The van der Waals surface area contributed by atoms with Crippen molar-refractivity contribution in [2.75, 3.05) is 0 Å². The van der Waals surface area contributed by atoms with Crippen LogP contribution in [0.25, 0.3) is 6.08 Å². The average molecular weight is 291 g/mol. The van der Waals surface area contributed by atoms with Gasteiger partial charge in [0, 0.05) is 24.0 Å². The Balaban J connectivity index is 2.23. The summed E-state index contributed by atoms with van der Waals surface area (Å²) in [4.78, 5) is 35.0. The second-order valence-corrected chi connectivity index (χ2v) is 4.95. The normalized spacial score (nSPS) is 18.8. The maximum absolute atomic E-state index is 13.8. The molecule has 0 aromatic heterocycles. The maximum Gasteiger partial charge on any atom is 0.328 e. The molecule has 0 bridgehead atoms. The maximum atomic E-state index is 13.8. The number of carbonyl (C=O) groups excluding carboxylic acids is 2. The van der Waals surface area contributed by atoms with Crippen molar-refractivity contribution in [3.8, 4) is 0 Å². The van der Waals surface area contributed by atoms with Gasteiger partial charge in [-0.2, -0.15) is 0 Å². The lowest BCUT2D eigenvalue weighted by Crippen LogP contribution is -2.30. The molecule has 2 rings (SSSR count). The molecule has 1 aromatic carbocycles. The van der Waals surface area contributed by atoms with E-state index in [4.69, 9.17) is 5.11 Å². The Morgan fingerprint density at radius 1 is 1.48 bits per heavy atom. The van der Waals surface area contributed by atoms with Crippen molar-refractivity contribution in [3.63, 3.8) is 0 Å². The Bertz CT molecular complexity index is 639. The molecule has 1 atom stereocenters. The number of carbonyl (C=O) groups is 3. The van der Waals surface area contributed by atoms with Crippen LogP contribution in [0.1, 0.15) is 24.5 Å². The zero-order valence-electron chi connectivity index (χ0n) is 11.4. The molecule has 110 valence electrons. The number of hydrogen-bond acceptors (Lipinski definition) is 3. The summed E-state index contributed by atoms with van der Waals surface area (Å²) >= 11 is 0. The van der Waals surface area contributed by atoms with Gasteiger partial charge in [0.25, 0.3) is 0 Å². The minimum absolute atomic E-state index is 0.136. The highest BCUT2D eigenvalue weighted by Crippen LogP contribution is 2.23. The molecule has 1 N–H and O–H groups in total. The van der Waals surface area contributed by atoms with E-state index in [1.165, 1.54) is 24.3 Å². The van der Waals surface area contributed by atoms with Crippen molar-refractivity contribution in [1.29, 1.82) is 0 Å². The number of amides is 2. The Hall–Kier alpha value is -2.50. The Kier molecular flexibility index (Phi) is 4.16. The highest BCUT2D eigenvalue weighted by atomic mass is 19.1. The van der Waals surface area contributed by atoms with Gasteiger partial charge in [-0.25, -0.2) is 9.18 Å². The van der Waals surface area contributed by atoms with Gasteiger partial charge in [-0.1, -0.05) is 13.0 Å². The van der Waals surface area contributed by atoms with Crippen LogP contribution < -0.4 is 0 Å². The summed E-state index contributed by atoms with van der Waals surface area (Å²) in [5, 5.41) is 8.57. The van der Waals surface area contributed by atoms with Crippen LogP contribution in [0.2, 0.25) is 0 Å². The molecule has 1 unspecified atom stereocenters. The minimum atomic E-state index is -1.11. The van der Waals surface area contributed by atoms with Crippen molar-refractivity contribution in [1.82, 2.24) is 4.90 Å². The van der Waals surface area contributed by atoms with Crippen LogP contribution in [-0.4, -0.2) is 27.8 Å². The number of aliphatic carboxylic acids is 1. The van der Waals surface area contributed by atoms with Crippen molar-refractivity contribution in [2.45, 2.75) is 19.9 Å². The van der Waals surface area contributed by atoms with Crippen molar-refractivity contribution in [3.05, 3.63) is 41.2 Å². The summed E-state index contributed by atoms with van der Waals surface area (Å²) in [6.07, 6.45) is 2.39. The lowest BCUT2D eigenvalue weighted by atomic mass is 10.1. The zero-order chi connectivity index (χ0) is 15.6. The van der Waals surface area contributed by atoms with E-state index in [-0.39, 0.29) is 36.3 Å². The molecule has 6 heteroatoms. The number of benzene rings is 1. The van der Waals surface area contributed by atoms with Crippen LogP contribution in [-0.2, 0) is 20.9 Å². The van der Waals surface area contributed by atoms with Gasteiger partial charge in [0.05, 0.1) is 6.54 Å². The number of likely N-dealkylation sites (tertiary alicyclic amines) is 1. The van der Waals surface area contributed by atoms with Crippen LogP contribution in [0, 0.1) is 11.7 Å². The standard InChI is InChI=1S/C15H14FNO4/c1-9-6-13(18)17(15(9)21)8-11-7-10(2-4-12(11)16)3-5-14(19)20/h2-5,7,9H,6,8H2,1H3,(H,19,20). The molecule has 0 aliphatic carbocycles. The summed E-state index contributed by atoms with van der Waals surface area (Å²) in [5.74, 6) is -2.66. The molecule has 1 fully saturated rings. The fourth-order valence-corrected chi connectivity index (χ4v) is 2.17. The largest absolute Gasteiger partial charge is 0.478 e. The molecule has 0 spiro atoms. The second kappa shape index (κ2) is 5.87. The Morgan fingerprint density at radius 3 is 2.76 bits per heavy atom. The number of carboxylic acids is 1. The fourth-order valence-electron chi connectivity index (χ4n) is 2.17. The first-order valence-corrected chi connectivity index (χ1v) is 6.42. The van der Waals surface area contributed by atoms with Crippen molar-refractivity contribution in [2.24, 2.45) is 5.92 Å². The van der Waals surface area contributed by atoms with Gasteiger partial charge in [-0.3, -0.25) is 14.5 Å². The SMILES string of the molecule is CC1CC(=O)N(Cc2cc(C=CC(=O)O)ccc2F)C1=O. The van der Waals surface area contributed by atoms with Gasteiger partial charge in [0.15, 0.2) is 0 Å². The number of halogens is 1. The van der Waals surface area contributed by atoms with E-state index in [9.17, 15) is 18.8 Å². The lowest BCUT2D eigenvalue weighted by Gasteiger charge is -2.15. The van der Waals surface area contributed by atoms with E-state index < -0.39 is 11.8 Å². The second-order valence-electron chi connectivity index (χ2n) is 4.95. The molecule has 1 aliphatic heterocycles. The molecule has 5 nitrogen and oxygen atoms in total. The third-order valence-corrected chi connectivity index (χ3v) is 3.29. The predicted octanol–water partition coefficient (Wildman–Crippen LogP) is 1.82. The van der Waals surface area contributed by atoms with E-state index >= 15 is 0 Å². The molecule has 21 heavy (non-hydrogen) atoms. The summed E-state index contributed by atoms with van der Waals surface area (Å²) in [6.45, 7) is 1.52. The van der Waals surface area contributed by atoms with Crippen molar-refractivity contribution >= 4 is 23.9 Å². The summed E-state index contributed by atoms with van der Waals surface area (Å²) in [5.41, 5.74) is 0.666. The molecule has 1 aromatic rings. The van der Waals surface area contributed by atoms with Gasteiger partial charge in [0.1, 0.15) is 5.82 Å². The van der Waals surface area contributed by atoms with Crippen LogP contribution in [0.3, 0.4) is 0 Å². The third-order valence-electron chi connectivity index (χ3n) is 3.29. The first kappa shape index (κ1) is 14.9. The van der Waals surface area contributed by atoms with Crippen molar-refractivity contribution < 1.29 is 23.9 Å². The molecule has 2 amide bonds. The summed E-state index contributed by atoms with van der Waals surface area (Å²) < 4.78 is 13.8. The minimum Gasteiger partial charge on any atom is -0.478 e. The smallest absolute Gasteiger partial charge is 0.328 e. The van der Waals surface area contributed by atoms with E-state index in [1.807, 2.05) is 0 Å². The monoisotopic (exact) mass is 291 g/mol. The van der Waals surface area contributed by atoms with Crippen LogP contribution in [0.4, 0.5) is 4.39 Å². The first-order chi connectivity index (χ1) is 9.88. The van der Waals surface area contributed by atoms with E-state index in [2.05, 4.69) is 0 Å². The number of rotatable bonds is 4. The van der Waals surface area contributed by atoms with Gasteiger partial charge in [-0.15, -0.1) is 0 Å². The Morgan fingerprint density at radius 2 is 2.19 bits per heavy atom. The molecule has 1 saturated heterocycles. The van der Waals surface area contributed by atoms with Gasteiger partial charge >= 0.3 is 5.97 Å². The molecular formula is C15H14FNO4. The van der Waals surface area contributed by atoms with Crippen LogP contribution in [0.5, 0.6) is 0 Å². The third kappa shape index (κ3) is 3.34. The van der Waals surface area contributed by atoms with Gasteiger partial charge in [0.2, 0.25) is 11.8 Å². The number of hydrogen-bond donors (Lipinski definition) is 1. The zero-order valence-corrected chi connectivity index (χ0v) is 11.4. The quantitative estimate of drug-likeness (QED) is 0.678. The molecule has 0 radical (unpaired) electrons. The lowest BCUT2D eigenvalue weighted by molar-refractivity contribution is -0.140. The number of carboxylic acid groups (broad SMARTS) is 1. The molecular weight excluding hydrogens is 277 g/mol. The summed E-state index contributed by atoms with van der Waals surface area (Å²) in [6, 6.07) is 4.04. The fraction of sp³-hybridized carbons (Fsp3) is 0.267. The van der Waals surface area contributed by atoms with E-state index in [0.717, 1.165) is 11.0 Å². The van der Waals surface area contributed by atoms with Crippen LogP contribution >= 0.6 is 0 Å². The highest BCUT2D eigenvalue weighted by molar-refractivity contribution is 6.03. The average Bonchev–Trinajstić information content (AvgIpc) is 2.66. The first-order valence-electron chi connectivity index (χ1n) is 6.42. The van der Waals surface area contributed by atoms with Gasteiger partial charge in [-0.05, 0) is 23.8 Å². The number of imide groups is 1.